The van der Waals surface area contributed by atoms with E-state index >= 15 is 0 Å². The van der Waals surface area contributed by atoms with Crippen molar-refractivity contribution in [2.75, 3.05) is 53.3 Å². The molecule has 85 heavy (non-hydrogen) atoms. The highest BCUT2D eigenvalue weighted by molar-refractivity contribution is 7.46. The molecule has 3 heterocycles. The van der Waals surface area contributed by atoms with E-state index in [-0.39, 0.29) is 84.4 Å². The van der Waals surface area contributed by atoms with Crippen molar-refractivity contribution in [2.24, 2.45) is 0 Å². The molecule has 0 aromatic heterocycles. The number of aliphatic hydroxyl groups is 6. The van der Waals surface area contributed by atoms with Crippen LogP contribution in [0.25, 0.3) is 0 Å². The van der Waals surface area contributed by atoms with Crippen LogP contribution in [0.1, 0.15) is 119 Å². The Hall–Kier alpha value is -4.16. The number of hydrogen-bond acceptors (Lipinski definition) is 27. The highest BCUT2D eigenvalue weighted by Crippen LogP contribution is 2.42. The molecule has 11 N–H and O–H groups in total. The SMILES string of the molecule is CCC(=O)O[C@H](CC)CC(=O)NC1C(OC(=O)C[C@H](O)CC)[C@H](O)C(CO[C@@H]2OC(CNC(=O)CCOCCOCCO[C@H]3OC(C)[C@H](O)C(O)C3O)[C@@H](OP(=O)(O)O)C(OC(=O)C[C@H](O)CC)C2NC(=O)C[C@@H](CC)OC(=O)CC)O[C@H]1OC. The Morgan fingerprint density at radius 1 is 0.541 bits per heavy atom. The van der Waals surface area contributed by atoms with Crippen LogP contribution in [-0.2, 0) is 99.5 Å². The molecular formula is C52H90N3O29P. The van der Waals surface area contributed by atoms with Gasteiger partial charge in [0.2, 0.25) is 17.7 Å². The molecule has 3 amide bonds. The number of aliphatic hydroxyl groups excluding tert-OH is 6. The van der Waals surface area contributed by atoms with E-state index < -0.39 is 198 Å². The molecule has 3 rings (SSSR count). The predicted molar refractivity (Wildman–Crippen MR) is 286 cm³/mol. The molecule has 0 bridgehead atoms. The number of nitrogens with one attached hydrogen (secondary N) is 3. The third kappa shape index (κ3) is 25.8. The average Bonchev–Trinajstić information content (AvgIpc) is 1.60. The summed E-state index contributed by atoms with van der Waals surface area (Å²) in [6.45, 7) is 9.30. The number of ether oxygens (including phenoxy) is 12. The van der Waals surface area contributed by atoms with Crippen LogP contribution in [-0.4, -0.2) is 252 Å². The second kappa shape index (κ2) is 38.3. The van der Waals surface area contributed by atoms with E-state index in [2.05, 4.69) is 16.0 Å². The monoisotopic (exact) mass is 1250 g/mol. The maximum atomic E-state index is 14.0. The van der Waals surface area contributed by atoms with Crippen molar-refractivity contribution in [1.82, 2.24) is 16.0 Å². The Labute approximate surface area is 492 Å². The number of phosphoric ester groups is 1. The minimum Gasteiger partial charge on any atom is -0.462 e. The minimum absolute atomic E-state index is 0.00477. The lowest BCUT2D eigenvalue weighted by atomic mass is 9.94. The van der Waals surface area contributed by atoms with E-state index in [9.17, 15) is 78.6 Å². The van der Waals surface area contributed by atoms with Crippen molar-refractivity contribution < 1.29 is 140 Å². The number of rotatable bonds is 38. The number of methoxy groups -OCH3 is 1. The van der Waals surface area contributed by atoms with Crippen LogP contribution in [0.3, 0.4) is 0 Å². The molecule has 492 valence electrons. The highest BCUT2D eigenvalue weighted by atomic mass is 31.2. The smallest absolute Gasteiger partial charge is 0.462 e. The van der Waals surface area contributed by atoms with Gasteiger partial charge in [-0.25, -0.2) is 4.57 Å². The summed E-state index contributed by atoms with van der Waals surface area (Å²) in [6.07, 6.45) is -27.2. The summed E-state index contributed by atoms with van der Waals surface area (Å²) in [5.74, 6) is -5.77. The van der Waals surface area contributed by atoms with Gasteiger partial charge in [-0.3, -0.25) is 38.1 Å². The van der Waals surface area contributed by atoms with Gasteiger partial charge in [-0.15, -0.1) is 0 Å². The van der Waals surface area contributed by atoms with E-state index in [1.807, 2.05) is 0 Å². The molecule has 0 saturated carbocycles. The van der Waals surface area contributed by atoms with Gasteiger partial charge in [0.25, 0.3) is 0 Å². The zero-order valence-corrected chi connectivity index (χ0v) is 50.2. The van der Waals surface area contributed by atoms with Crippen molar-refractivity contribution >= 4 is 49.4 Å². The zero-order valence-electron chi connectivity index (χ0n) is 49.3. The highest BCUT2D eigenvalue weighted by Gasteiger charge is 2.54. The molecule has 0 radical (unpaired) electrons. The van der Waals surface area contributed by atoms with Gasteiger partial charge in [0.15, 0.2) is 31.1 Å². The Kier molecular flexibility index (Phi) is 33.8. The van der Waals surface area contributed by atoms with E-state index in [1.165, 1.54) is 13.8 Å². The molecule has 3 saturated heterocycles. The fourth-order valence-corrected chi connectivity index (χ4v) is 9.32. The fraction of sp³-hybridized carbons (Fsp3) is 0.865. The molecule has 19 atom stereocenters. The first-order valence-corrected chi connectivity index (χ1v) is 30.1. The van der Waals surface area contributed by atoms with E-state index in [0.29, 0.717) is 0 Å². The largest absolute Gasteiger partial charge is 0.470 e. The third-order valence-electron chi connectivity index (χ3n) is 13.7. The zero-order chi connectivity index (χ0) is 63.6. The number of phosphoric acid groups is 1. The van der Waals surface area contributed by atoms with Crippen molar-refractivity contribution in [3.8, 4) is 0 Å². The van der Waals surface area contributed by atoms with Gasteiger partial charge in [0.1, 0.15) is 67.0 Å². The van der Waals surface area contributed by atoms with Crippen LogP contribution < -0.4 is 16.0 Å². The molecule has 3 aliphatic rings. The summed E-state index contributed by atoms with van der Waals surface area (Å²) in [7, 11) is -4.47. The summed E-state index contributed by atoms with van der Waals surface area (Å²) in [4.78, 5) is 113. The van der Waals surface area contributed by atoms with Crippen molar-refractivity contribution in [1.29, 1.82) is 0 Å². The molecule has 0 spiro atoms. The quantitative estimate of drug-likeness (QED) is 0.0134. The summed E-state index contributed by atoms with van der Waals surface area (Å²) >= 11 is 0. The number of carbonyl (C=O) groups excluding carboxylic acids is 7. The summed E-state index contributed by atoms with van der Waals surface area (Å²) < 4.78 is 86.1. The lowest BCUT2D eigenvalue weighted by Crippen LogP contribution is -2.68. The molecular weight excluding hydrogens is 1160 g/mol. The maximum absolute atomic E-state index is 14.0. The van der Waals surface area contributed by atoms with Gasteiger partial charge in [-0.05, 0) is 32.6 Å². The molecule has 0 aliphatic carbocycles. The lowest BCUT2D eigenvalue weighted by molar-refractivity contribution is -0.299. The summed E-state index contributed by atoms with van der Waals surface area (Å²) in [5, 5.41) is 70.5. The van der Waals surface area contributed by atoms with Crippen molar-refractivity contribution in [3.05, 3.63) is 0 Å². The van der Waals surface area contributed by atoms with Crippen molar-refractivity contribution in [2.45, 2.75) is 236 Å². The van der Waals surface area contributed by atoms with Crippen LogP contribution >= 0.6 is 7.82 Å². The van der Waals surface area contributed by atoms with Gasteiger partial charge < -0.3 is 113 Å². The van der Waals surface area contributed by atoms with Crippen LogP contribution in [0.4, 0.5) is 0 Å². The summed E-state index contributed by atoms with van der Waals surface area (Å²) in [5.41, 5.74) is 0. The molecule has 33 heteroatoms. The third-order valence-corrected chi connectivity index (χ3v) is 14.3. The van der Waals surface area contributed by atoms with Gasteiger partial charge in [-0.1, -0.05) is 41.5 Å². The first kappa shape index (κ1) is 75.1. The van der Waals surface area contributed by atoms with Crippen LogP contribution in [0.15, 0.2) is 0 Å². The van der Waals surface area contributed by atoms with E-state index in [4.69, 9.17) is 61.4 Å². The maximum Gasteiger partial charge on any atom is 0.470 e. The Morgan fingerprint density at radius 3 is 1.55 bits per heavy atom. The molecule has 3 aliphatic heterocycles. The van der Waals surface area contributed by atoms with E-state index in [0.717, 1.165) is 7.11 Å². The number of hydrogen-bond donors (Lipinski definition) is 11. The Bertz CT molecular complexity index is 2110. The standard InChI is InChI=1S/C52H90N3O29P/c1-9-28(56)21-39(63)82-48-41(54-35(59)23-30(11-3)78-37(61)13-5)50(72-8)81-33(44(48)66)26-76-51-42(55-36(60)24-31(12-4)79-38(62)14-6)49(83-40(64)22-29(57)10-2)47(84-85(69,70)71)32(80-51)25-53-34(58)15-16-73-17-18-74-19-20-75-52-46(68)45(67)43(65)27(7)77-52/h27-33,41-52,56-57,65-68H,9-26H2,1-8H3,(H,53,58)(H,54,59)(H,55,60)(H2,69,70,71)/t27?,28-,29-,30-,31-,32?,33?,41?,42?,43+,44-,45?,46?,47-,48?,49?,50-,51-,52+/m1/s1. The van der Waals surface area contributed by atoms with Crippen molar-refractivity contribution in [3.63, 3.8) is 0 Å². The molecule has 0 aromatic rings. The lowest BCUT2D eigenvalue weighted by Gasteiger charge is -2.47. The molecule has 9 unspecified atom stereocenters. The second-order valence-corrected chi connectivity index (χ2v) is 21.5. The number of carbonyl (C=O) groups is 7. The molecule has 3 fully saturated rings. The van der Waals surface area contributed by atoms with Gasteiger partial charge in [0.05, 0.1) is 83.6 Å². The fourth-order valence-electron chi connectivity index (χ4n) is 8.75. The Morgan fingerprint density at radius 2 is 1.05 bits per heavy atom. The van der Waals surface area contributed by atoms with Crippen LogP contribution in [0, 0.1) is 0 Å². The second-order valence-electron chi connectivity index (χ2n) is 20.3. The van der Waals surface area contributed by atoms with Gasteiger partial charge in [0, 0.05) is 32.9 Å². The predicted octanol–water partition coefficient (Wildman–Crippen LogP) is -2.32. The Balaban J connectivity index is 1.96. The number of amides is 3. The topological polar surface area (TPSA) is 454 Å². The average molecular weight is 1250 g/mol. The van der Waals surface area contributed by atoms with Gasteiger partial charge >= 0.3 is 31.7 Å². The number of esters is 4. The molecule has 0 aromatic carbocycles. The van der Waals surface area contributed by atoms with E-state index in [1.54, 1.807) is 34.6 Å². The summed E-state index contributed by atoms with van der Waals surface area (Å²) in [6, 6.07) is -3.32. The van der Waals surface area contributed by atoms with Gasteiger partial charge in [-0.2, -0.15) is 0 Å². The normalized spacial score (nSPS) is 29.3. The van der Waals surface area contributed by atoms with Crippen LogP contribution in [0.2, 0.25) is 0 Å². The minimum atomic E-state index is -5.63. The first-order chi connectivity index (χ1) is 40.2. The molecule has 32 nitrogen and oxygen atoms in total. The van der Waals surface area contributed by atoms with Crippen LogP contribution in [0.5, 0.6) is 0 Å². The first-order valence-electron chi connectivity index (χ1n) is 28.6.